The number of fused-ring (bicyclic) bond motifs is 1. The lowest BCUT2D eigenvalue weighted by atomic mass is 9.81. The summed E-state index contributed by atoms with van der Waals surface area (Å²) in [5.41, 5.74) is 1.37. The Labute approximate surface area is 197 Å². The van der Waals surface area contributed by atoms with Crippen LogP contribution in [0.25, 0.3) is 10.9 Å². The summed E-state index contributed by atoms with van der Waals surface area (Å²) in [5, 5.41) is 4.81. The second kappa shape index (κ2) is 8.39. The van der Waals surface area contributed by atoms with Gasteiger partial charge in [-0.25, -0.2) is 13.2 Å². The van der Waals surface area contributed by atoms with Crippen molar-refractivity contribution >= 4 is 32.7 Å². The number of imide groups is 1. The van der Waals surface area contributed by atoms with E-state index in [4.69, 9.17) is 4.74 Å². The number of nitrogens with one attached hydrogen (secondary N) is 2. The Bertz CT molecular complexity index is 1390. The Morgan fingerprint density at radius 1 is 1.09 bits per heavy atom. The maximum Gasteiger partial charge on any atom is 0.322 e. The third-order valence-electron chi connectivity index (χ3n) is 6.66. The number of rotatable bonds is 5. The average molecular weight is 480 g/mol. The zero-order chi connectivity index (χ0) is 23.9. The van der Waals surface area contributed by atoms with Crippen LogP contribution >= 0.6 is 0 Å². The molecule has 2 N–H and O–H groups in total. The number of hydrogen-bond donors (Lipinski definition) is 2. The number of pyridine rings is 1. The zero-order valence-electron chi connectivity index (χ0n) is 18.7. The van der Waals surface area contributed by atoms with Crippen LogP contribution in [-0.4, -0.2) is 36.1 Å². The van der Waals surface area contributed by atoms with Gasteiger partial charge in [0.25, 0.3) is 5.91 Å². The van der Waals surface area contributed by atoms with Gasteiger partial charge >= 0.3 is 6.03 Å². The monoisotopic (exact) mass is 479 g/mol. The number of sulfone groups is 1. The van der Waals surface area contributed by atoms with E-state index in [0.717, 1.165) is 22.2 Å². The summed E-state index contributed by atoms with van der Waals surface area (Å²) in [7, 11) is -3.87. The first-order valence-corrected chi connectivity index (χ1v) is 12.8. The highest BCUT2D eigenvalue weighted by molar-refractivity contribution is 7.92. The van der Waals surface area contributed by atoms with Gasteiger partial charge in [0.1, 0.15) is 17.9 Å². The molecule has 8 nitrogen and oxygen atoms in total. The molecule has 3 amide bonds. The Morgan fingerprint density at radius 3 is 2.59 bits per heavy atom. The predicted molar refractivity (Wildman–Crippen MR) is 126 cm³/mol. The quantitative estimate of drug-likeness (QED) is 0.542. The molecular weight excluding hydrogens is 454 g/mol. The van der Waals surface area contributed by atoms with Gasteiger partial charge in [0.2, 0.25) is 0 Å². The largest absolute Gasteiger partial charge is 0.489 e. The fourth-order valence-electron chi connectivity index (χ4n) is 5.03. The second-order valence-corrected chi connectivity index (χ2v) is 11.0. The fraction of sp³-hybridized carbons (Fsp3) is 0.320. The lowest BCUT2D eigenvalue weighted by Gasteiger charge is -2.37. The van der Waals surface area contributed by atoms with E-state index < -0.39 is 32.6 Å². The van der Waals surface area contributed by atoms with Gasteiger partial charge in [0, 0.05) is 16.6 Å². The molecule has 2 aromatic carbocycles. The number of amides is 3. The molecular formula is C25H25N3O5S. The van der Waals surface area contributed by atoms with Crippen molar-refractivity contribution in [3.8, 4) is 5.75 Å². The molecule has 176 valence electrons. The highest BCUT2D eigenvalue weighted by atomic mass is 32.2. The van der Waals surface area contributed by atoms with Gasteiger partial charge in [-0.15, -0.1) is 0 Å². The van der Waals surface area contributed by atoms with Crippen molar-refractivity contribution in [2.24, 2.45) is 0 Å². The number of para-hydroxylation sites is 1. The maximum atomic E-state index is 13.5. The molecule has 2 heterocycles. The molecule has 0 radical (unpaired) electrons. The Hall–Kier alpha value is -3.46. The van der Waals surface area contributed by atoms with E-state index in [0.29, 0.717) is 38.0 Å². The van der Waals surface area contributed by atoms with Crippen molar-refractivity contribution in [1.82, 2.24) is 15.6 Å². The lowest BCUT2D eigenvalue weighted by Crippen LogP contribution is -2.60. The minimum absolute atomic E-state index is 0.102. The summed E-state index contributed by atoms with van der Waals surface area (Å²) in [6, 6.07) is 15.4. The van der Waals surface area contributed by atoms with E-state index in [1.165, 1.54) is 12.1 Å². The van der Waals surface area contributed by atoms with E-state index in [1.54, 1.807) is 12.1 Å². The first-order chi connectivity index (χ1) is 16.3. The summed E-state index contributed by atoms with van der Waals surface area (Å²) in [5.74, 6) is -0.0339. The minimum Gasteiger partial charge on any atom is -0.489 e. The molecule has 34 heavy (non-hydrogen) atoms. The molecule has 2 aliphatic rings. The number of benzene rings is 2. The molecule has 1 saturated heterocycles. The maximum absolute atomic E-state index is 13.5. The molecule has 1 aliphatic carbocycles. The van der Waals surface area contributed by atoms with Gasteiger partial charge in [-0.3, -0.25) is 15.1 Å². The number of aromatic nitrogens is 1. The van der Waals surface area contributed by atoms with Crippen LogP contribution < -0.4 is 15.4 Å². The average Bonchev–Trinajstić information content (AvgIpc) is 3.10. The molecule has 1 aliphatic heterocycles. The standard InChI is InChI=1S/C25H25N3O5S/c1-16-14-17(20-6-2-3-7-21(20)26-16)15-33-18-9-11-19(12-10-18)34(31,32)22-8-4-5-13-25(22)23(29)27-24(30)28-25/h2-3,6-7,9-12,14,22H,4-5,8,13,15H2,1H3,(H2,27,28,29,30). The van der Waals surface area contributed by atoms with E-state index >= 15 is 0 Å². The third kappa shape index (κ3) is 3.79. The fourth-order valence-corrected chi connectivity index (χ4v) is 7.17. The highest BCUT2D eigenvalue weighted by Crippen LogP contribution is 2.38. The molecule has 1 saturated carbocycles. The summed E-state index contributed by atoms with van der Waals surface area (Å²) >= 11 is 0. The van der Waals surface area contributed by atoms with Gasteiger partial charge in [-0.1, -0.05) is 31.0 Å². The van der Waals surface area contributed by atoms with Crippen LogP contribution in [0.5, 0.6) is 5.75 Å². The molecule has 2 unspecified atom stereocenters. The smallest absolute Gasteiger partial charge is 0.322 e. The highest BCUT2D eigenvalue weighted by Gasteiger charge is 2.57. The SMILES string of the molecule is Cc1cc(COc2ccc(S(=O)(=O)C3CCCCC34NC(=O)NC4=O)cc2)c2ccccc2n1. The van der Waals surface area contributed by atoms with Crippen LogP contribution in [0.3, 0.4) is 0 Å². The van der Waals surface area contributed by atoms with Crippen molar-refractivity contribution in [3.05, 3.63) is 65.9 Å². The molecule has 3 aromatic rings. The molecule has 1 spiro atoms. The van der Waals surface area contributed by atoms with Gasteiger partial charge in [0.05, 0.1) is 15.7 Å². The van der Waals surface area contributed by atoms with Crippen LogP contribution in [0.15, 0.2) is 59.5 Å². The topological polar surface area (TPSA) is 114 Å². The first-order valence-electron chi connectivity index (χ1n) is 11.3. The molecule has 0 bridgehead atoms. The minimum atomic E-state index is -3.87. The van der Waals surface area contributed by atoms with E-state index in [-0.39, 0.29) is 4.90 Å². The van der Waals surface area contributed by atoms with Crippen molar-refractivity contribution in [2.75, 3.05) is 0 Å². The van der Waals surface area contributed by atoms with Crippen LogP contribution in [0.4, 0.5) is 4.79 Å². The van der Waals surface area contributed by atoms with E-state index in [1.807, 2.05) is 37.3 Å². The summed E-state index contributed by atoms with van der Waals surface area (Å²) < 4.78 is 32.9. The second-order valence-electron chi connectivity index (χ2n) is 8.86. The van der Waals surface area contributed by atoms with Crippen LogP contribution in [0.1, 0.15) is 36.9 Å². The number of nitrogens with zero attached hydrogens (tertiary/aromatic N) is 1. The van der Waals surface area contributed by atoms with Crippen LogP contribution in [0.2, 0.25) is 0 Å². The normalized spacial score (nSPS) is 22.6. The van der Waals surface area contributed by atoms with Gasteiger partial charge in [-0.2, -0.15) is 0 Å². The van der Waals surface area contributed by atoms with E-state index in [9.17, 15) is 18.0 Å². The van der Waals surface area contributed by atoms with Crippen molar-refractivity contribution in [3.63, 3.8) is 0 Å². The molecule has 1 aromatic heterocycles. The number of ether oxygens (including phenoxy) is 1. The van der Waals surface area contributed by atoms with Crippen molar-refractivity contribution in [1.29, 1.82) is 0 Å². The summed E-state index contributed by atoms with van der Waals surface area (Å²) in [4.78, 5) is 29.0. The molecule has 2 atom stereocenters. The van der Waals surface area contributed by atoms with Crippen molar-refractivity contribution < 1.29 is 22.7 Å². The molecule has 9 heteroatoms. The van der Waals surface area contributed by atoms with Gasteiger partial charge in [0.15, 0.2) is 9.84 Å². The van der Waals surface area contributed by atoms with Gasteiger partial charge in [-0.05, 0) is 56.2 Å². The Balaban J connectivity index is 1.37. The third-order valence-corrected chi connectivity index (χ3v) is 8.97. The first kappa shape index (κ1) is 22.3. The summed E-state index contributed by atoms with van der Waals surface area (Å²) in [6.07, 6.45) is 1.96. The Kier molecular flexibility index (Phi) is 5.51. The number of urea groups is 1. The zero-order valence-corrected chi connectivity index (χ0v) is 19.5. The number of carbonyl (C=O) groups is 2. The molecule has 5 rings (SSSR count). The number of carbonyl (C=O) groups excluding carboxylic acids is 2. The number of hydrogen-bond acceptors (Lipinski definition) is 6. The van der Waals surface area contributed by atoms with Gasteiger partial charge < -0.3 is 10.1 Å². The van der Waals surface area contributed by atoms with E-state index in [2.05, 4.69) is 15.6 Å². The van der Waals surface area contributed by atoms with Crippen LogP contribution in [-0.2, 0) is 21.2 Å². The predicted octanol–water partition coefficient (Wildman–Crippen LogP) is 3.42. The van der Waals surface area contributed by atoms with Crippen LogP contribution in [0, 0.1) is 6.92 Å². The Morgan fingerprint density at radius 2 is 1.85 bits per heavy atom. The lowest BCUT2D eigenvalue weighted by molar-refractivity contribution is -0.124. The number of aryl methyl sites for hydroxylation is 1. The summed E-state index contributed by atoms with van der Waals surface area (Å²) in [6.45, 7) is 2.24. The molecule has 2 fully saturated rings. The van der Waals surface area contributed by atoms with Crippen molar-refractivity contribution in [2.45, 2.75) is 54.9 Å².